The number of Topliss-reactive ketones (excluding diaryl/α,β-unsaturated/α-hetero) is 1. The fourth-order valence-electron chi connectivity index (χ4n) is 3.87. The molecule has 1 aliphatic carbocycles. The van der Waals surface area contributed by atoms with E-state index in [-0.39, 0.29) is 6.42 Å². The average molecular weight is 372 g/mol. The number of carboxylic acid groups (broad SMARTS) is 1. The predicted molar refractivity (Wildman–Crippen MR) is 96.8 cm³/mol. The predicted octanol–water partition coefficient (Wildman–Crippen LogP) is 1.19. The third-order valence-electron chi connectivity index (χ3n) is 5.42. The zero-order valence-corrected chi connectivity index (χ0v) is 15.5. The Morgan fingerprint density at radius 3 is 2.52 bits per heavy atom. The van der Waals surface area contributed by atoms with Gasteiger partial charge in [-0.1, -0.05) is 30.3 Å². The minimum Gasteiger partial charge on any atom is -0.480 e. The number of carbonyl (C=O) groups is 4. The van der Waals surface area contributed by atoms with Crippen molar-refractivity contribution in [2.75, 3.05) is 13.1 Å². The van der Waals surface area contributed by atoms with E-state index in [0.29, 0.717) is 18.4 Å². The molecule has 1 saturated heterocycles. The fourth-order valence-corrected chi connectivity index (χ4v) is 3.87. The number of carboxylic acids is 1. The number of rotatable bonds is 6. The molecular formula is C20H24N2O5. The molecule has 2 fully saturated rings. The molecule has 7 heteroatoms. The lowest BCUT2D eigenvalue weighted by Gasteiger charge is -2.44. The molecule has 1 heterocycles. The zero-order valence-electron chi connectivity index (χ0n) is 15.5. The highest BCUT2D eigenvalue weighted by Gasteiger charge is 2.51. The van der Waals surface area contributed by atoms with Crippen LogP contribution >= 0.6 is 0 Å². The molecule has 7 nitrogen and oxygen atoms in total. The second kappa shape index (κ2) is 7.13. The summed E-state index contributed by atoms with van der Waals surface area (Å²) in [5, 5.41) is 10.9. The van der Waals surface area contributed by atoms with E-state index in [9.17, 15) is 19.2 Å². The van der Waals surface area contributed by atoms with Crippen molar-refractivity contribution in [3.8, 4) is 0 Å². The largest absolute Gasteiger partial charge is 0.480 e. The van der Waals surface area contributed by atoms with E-state index in [1.165, 1.54) is 5.56 Å². The third-order valence-corrected chi connectivity index (χ3v) is 5.42. The Bertz CT molecular complexity index is 774. The molecule has 1 aromatic carbocycles. The van der Waals surface area contributed by atoms with E-state index >= 15 is 0 Å². The van der Waals surface area contributed by atoms with Crippen LogP contribution in [-0.2, 0) is 19.2 Å². The van der Waals surface area contributed by atoms with Crippen molar-refractivity contribution >= 4 is 23.6 Å². The van der Waals surface area contributed by atoms with E-state index in [1.54, 1.807) is 4.90 Å². The lowest BCUT2D eigenvalue weighted by Crippen LogP contribution is -2.61. The summed E-state index contributed by atoms with van der Waals surface area (Å²) in [5.41, 5.74) is 0.568. The Morgan fingerprint density at radius 1 is 1.22 bits per heavy atom. The Hall–Kier alpha value is -2.70. The normalized spacial score (nSPS) is 26.6. The minimum atomic E-state index is -1.45. The van der Waals surface area contributed by atoms with Gasteiger partial charge < -0.3 is 15.3 Å². The maximum Gasteiger partial charge on any atom is 0.322 e. The van der Waals surface area contributed by atoms with Crippen molar-refractivity contribution in [1.29, 1.82) is 0 Å². The Morgan fingerprint density at radius 2 is 1.89 bits per heavy atom. The number of amides is 2. The third kappa shape index (κ3) is 4.02. The summed E-state index contributed by atoms with van der Waals surface area (Å²) >= 11 is 0. The number of carbonyl (C=O) groups excluding carboxylic acids is 3. The van der Waals surface area contributed by atoms with Gasteiger partial charge in [-0.2, -0.15) is 0 Å². The van der Waals surface area contributed by atoms with E-state index in [0.717, 1.165) is 6.42 Å². The number of ketones is 1. The molecule has 1 aromatic rings. The first kappa shape index (κ1) is 19.1. The molecule has 3 atom stereocenters. The van der Waals surface area contributed by atoms with Crippen molar-refractivity contribution in [2.24, 2.45) is 11.8 Å². The first-order valence-electron chi connectivity index (χ1n) is 9.09. The molecular weight excluding hydrogens is 348 g/mol. The van der Waals surface area contributed by atoms with Gasteiger partial charge in [0.2, 0.25) is 11.8 Å². The Balaban J connectivity index is 1.71. The molecule has 0 spiro atoms. The number of piperidine rings is 1. The zero-order chi connectivity index (χ0) is 19.8. The lowest BCUT2D eigenvalue weighted by molar-refractivity contribution is -0.158. The van der Waals surface area contributed by atoms with Crippen LogP contribution in [0.3, 0.4) is 0 Å². The minimum absolute atomic E-state index is 0.0760. The summed E-state index contributed by atoms with van der Waals surface area (Å²) in [6.07, 6.45) is 1.04. The number of hydrogen-bond acceptors (Lipinski definition) is 4. The van der Waals surface area contributed by atoms with E-state index in [4.69, 9.17) is 5.11 Å². The topological polar surface area (TPSA) is 104 Å². The number of benzene rings is 1. The molecule has 2 N–H and O–H groups in total. The van der Waals surface area contributed by atoms with Gasteiger partial charge in [-0.25, -0.2) is 0 Å². The second-order valence-corrected chi connectivity index (χ2v) is 7.96. The van der Waals surface area contributed by atoms with Gasteiger partial charge in [0.1, 0.15) is 6.54 Å². The van der Waals surface area contributed by atoms with Gasteiger partial charge in [0, 0.05) is 18.5 Å². The molecule has 0 bridgehead atoms. The van der Waals surface area contributed by atoms with Crippen molar-refractivity contribution in [3.63, 3.8) is 0 Å². The summed E-state index contributed by atoms with van der Waals surface area (Å²) in [6, 6.07) is 10.1. The van der Waals surface area contributed by atoms with Crippen LogP contribution < -0.4 is 5.32 Å². The SMILES string of the molecule is CC1(C)CC(=O)C(C(=O)NCC(=O)O)C(=O)N1C[C@@H]1C[C@@H]1c1ccccc1. The molecule has 2 amide bonds. The summed E-state index contributed by atoms with van der Waals surface area (Å²) in [4.78, 5) is 49.8. The maximum atomic E-state index is 12.9. The molecule has 144 valence electrons. The van der Waals surface area contributed by atoms with Crippen LogP contribution in [0.2, 0.25) is 0 Å². The van der Waals surface area contributed by atoms with Crippen LogP contribution in [-0.4, -0.2) is 52.2 Å². The molecule has 2 aliphatic rings. The van der Waals surface area contributed by atoms with Crippen molar-refractivity contribution < 1.29 is 24.3 Å². The van der Waals surface area contributed by atoms with Crippen molar-refractivity contribution in [1.82, 2.24) is 10.2 Å². The highest BCUT2D eigenvalue weighted by molar-refractivity contribution is 6.20. The van der Waals surface area contributed by atoms with E-state index in [2.05, 4.69) is 17.4 Å². The quantitative estimate of drug-likeness (QED) is 0.730. The number of nitrogens with one attached hydrogen (secondary N) is 1. The van der Waals surface area contributed by atoms with Gasteiger partial charge in [0.25, 0.3) is 0 Å². The number of likely N-dealkylation sites (tertiary alicyclic amines) is 1. The van der Waals surface area contributed by atoms with Crippen molar-refractivity contribution in [3.05, 3.63) is 35.9 Å². The van der Waals surface area contributed by atoms with Gasteiger partial charge in [0.05, 0.1) is 0 Å². The van der Waals surface area contributed by atoms with Crippen LogP contribution in [0.4, 0.5) is 0 Å². The van der Waals surface area contributed by atoms with Crippen LogP contribution in [0.1, 0.15) is 38.2 Å². The van der Waals surface area contributed by atoms with Crippen LogP contribution in [0.5, 0.6) is 0 Å². The van der Waals surface area contributed by atoms with Gasteiger partial charge in [-0.05, 0) is 37.7 Å². The molecule has 0 aromatic heterocycles. The second-order valence-electron chi connectivity index (χ2n) is 7.96. The standard InChI is InChI=1S/C20H24N2O5/c1-20(2)9-15(23)17(18(26)21-10-16(24)25)19(27)22(20)11-13-8-14(13)12-6-4-3-5-7-12/h3-7,13-14,17H,8-11H2,1-2H3,(H,21,26)(H,24,25)/t13-,14+,17?/m0/s1. The van der Waals surface area contributed by atoms with E-state index < -0.39 is 41.6 Å². The maximum absolute atomic E-state index is 12.9. The Kier molecular flexibility index (Phi) is 5.04. The Labute approximate surface area is 157 Å². The van der Waals surface area contributed by atoms with Gasteiger partial charge >= 0.3 is 5.97 Å². The number of aliphatic carboxylic acids is 1. The van der Waals surface area contributed by atoms with Gasteiger partial charge in [-0.15, -0.1) is 0 Å². The number of nitrogens with zero attached hydrogens (tertiary/aromatic N) is 1. The molecule has 3 rings (SSSR count). The molecule has 0 radical (unpaired) electrons. The molecule has 1 saturated carbocycles. The summed E-state index contributed by atoms with van der Waals surface area (Å²) < 4.78 is 0. The summed E-state index contributed by atoms with van der Waals surface area (Å²) in [7, 11) is 0. The smallest absolute Gasteiger partial charge is 0.322 e. The highest BCUT2D eigenvalue weighted by Crippen LogP contribution is 2.49. The molecule has 1 aliphatic heterocycles. The average Bonchev–Trinajstić information content (AvgIpc) is 3.36. The van der Waals surface area contributed by atoms with Crippen LogP contribution in [0.25, 0.3) is 0 Å². The molecule has 1 unspecified atom stereocenters. The van der Waals surface area contributed by atoms with Gasteiger partial charge in [-0.3, -0.25) is 19.2 Å². The first-order chi connectivity index (χ1) is 12.7. The first-order valence-corrected chi connectivity index (χ1v) is 9.09. The summed E-state index contributed by atoms with van der Waals surface area (Å²) in [5.74, 6) is -3.81. The summed E-state index contributed by atoms with van der Waals surface area (Å²) in [6.45, 7) is 3.53. The fraction of sp³-hybridized carbons (Fsp3) is 0.500. The van der Waals surface area contributed by atoms with Crippen LogP contribution in [0.15, 0.2) is 30.3 Å². The van der Waals surface area contributed by atoms with Crippen LogP contribution in [0, 0.1) is 11.8 Å². The van der Waals surface area contributed by atoms with Gasteiger partial charge in [0.15, 0.2) is 11.7 Å². The highest BCUT2D eigenvalue weighted by atomic mass is 16.4. The number of hydrogen-bond donors (Lipinski definition) is 2. The molecule has 27 heavy (non-hydrogen) atoms. The lowest BCUT2D eigenvalue weighted by atomic mass is 9.82. The van der Waals surface area contributed by atoms with Crippen molar-refractivity contribution in [2.45, 2.75) is 38.1 Å². The monoisotopic (exact) mass is 372 g/mol. The van der Waals surface area contributed by atoms with E-state index in [1.807, 2.05) is 32.0 Å².